The minimum absolute atomic E-state index is 0.00270. The summed E-state index contributed by atoms with van der Waals surface area (Å²) in [4.78, 5) is 38.7. The van der Waals surface area contributed by atoms with Crippen LogP contribution in [0.4, 0.5) is 16.2 Å². The van der Waals surface area contributed by atoms with Crippen molar-refractivity contribution in [2.24, 2.45) is 0 Å². The van der Waals surface area contributed by atoms with Gasteiger partial charge in [-0.1, -0.05) is 29.8 Å². The molecule has 3 aromatic rings. The predicted octanol–water partition coefficient (Wildman–Crippen LogP) is 6.58. The van der Waals surface area contributed by atoms with Crippen LogP contribution in [0.25, 0.3) is 11.1 Å². The summed E-state index contributed by atoms with van der Waals surface area (Å²) in [5.74, 6) is -0.189. The number of anilines is 2. The van der Waals surface area contributed by atoms with Crippen molar-refractivity contribution in [2.75, 3.05) is 36.5 Å². The third-order valence-corrected chi connectivity index (χ3v) is 7.38. The number of amides is 3. The number of hydrogen-bond acceptors (Lipinski definition) is 6. The van der Waals surface area contributed by atoms with Crippen molar-refractivity contribution in [3.8, 4) is 11.1 Å². The molecule has 0 aromatic heterocycles. The molecule has 0 aliphatic carbocycles. The van der Waals surface area contributed by atoms with Crippen molar-refractivity contribution in [2.45, 2.75) is 58.7 Å². The molecule has 0 fully saturated rings. The first-order valence-corrected chi connectivity index (χ1v) is 15.2. The second-order valence-corrected chi connectivity index (χ2v) is 12.3. The number of rotatable bonds is 10. The fourth-order valence-electron chi connectivity index (χ4n) is 5.20. The fraction of sp³-hybridized carbons (Fsp3) is 0.382. The molecule has 3 aromatic carbocycles. The minimum atomic E-state index is -0.552. The van der Waals surface area contributed by atoms with Crippen LogP contribution >= 0.6 is 11.6 Å². The second kappa shape index (κ2) is 14.6. The molecule has 3 amide bonds. The Hall–Kier alpha value is -4.08. The molecule has 234 valence electrons. The van der Waals surface area contributed by atoms with E-state index in [1.54, 1.807) is 39.8 Å². The fourth-order valence-corrected chi connectivity index (χ4v) is 5.33. The monoisotopic (exact) mass is 620 g/mol. The number of nitrogens with zero attached hydrogens (tertiary/aromatic N) is 1. The normalized spacial score (nSPS) is 16.1. The van der Waals surface area contributed by atoms with Gasteiger partial charge in [0, 0.05) is 48.0 Å². The molecular weight excluding hydrogens is 580 g/mol. The Kier molecular flexibility index (Phi) is 10.9. The van der Waals surface area contributed by atoms with Gasteiger partial charge in [0.2, 0.25) is 5.91 Å². The summed E-state index contributed by atoms with van der Waals surface area (Å²) in [5.41, 5.74) is 4.83. The highest BCUT2D eigenvalue weighted by atomic mass is 35.5. The molecule has 0 bridgehead atoms. The van der Waals surface area contributed by atoms with Gasteiger partial charge < -0.3 is 30.3 Å². The average Bonchev–Trinajstić information content (AvgIpc) is 2.96. The van der Waals surface area contributed by atoms with Crippen LogP contribution in [0.15, 0.2) is 66.7 Å². The van der Waals surface area contributed by atoms with E-state index in [9.17, 15) is 14.4 Å². The first kappa shape index (κ1) is 32.8. The maximum Gasteiger partial charge on any atom is 0.407 e. The summed E-state index contributed by atoms with van der Waals surface area (Å²) in [6.07, 6.45) is 0.261. The number of carbonyl (C=O) groups excluding carboxylic acids is 3. The van der Waals surface area contributed by atoms with Gasteiger partial charge >= 0.3 is 6.09 Å². The van der Waals surface area contributed by atoms with E-state index in [1.807, 2.05) is 53.4 Å². The molecule has 0 spiro atoms. The van der Waals surface area contributed by atoms with Gasteiger partial charge in [-0.15, -0.1) is 0 Å². The van der Waals surface area contributed by atoms with Crippen LogP contribution in [-0.4, -0.2) is 55.9 Å². The lowest BCUT2D eigenvalue weighted by Crippen LogP contribution is -2.43. The molecule has 0 saturated carbocycles. The van der Waals surface area contributed by atoms with Gasteiger partial charge in [-0.25, -0.2) is 4.79 Å². The van der Waals surface area contributed by atoms with Gasteiger partial charge in [0.05, 0.1) is 19.3 Å². The third kappa shape index (κ3) is 8.97. The van der Waals surface area contributed by atoms with Gasteiger partial charge in [0.15, 0.2) is 0 Å². The lowest BCUT2D eigenvalue weighted by molar-refractivity contribution is -0.117. The molecule has 44 heavy (non-hydrogen) atoms. The van der Waals surface area contributed by atoms with Crippen LogP contribution < -0.4 is 20.9 Å². The third-order valence-electron chi connectivity index (χ3n) is 7.13. The molecule has 4 rings (SSSR count). The Balaban J connectivity index is 1.36. The van der Waals surface area contributed by atoms with Gasteiger partial charge in [0.1, 0.15) is 5.60 Å². The molecule has 1 aliphatic heterocycles. The first-order valence-electron chi connectivity index (χ1n) is 14.8. The summed E-state index contributed by atoms with van der Waals surface area (Å²) in [6.45, 7) is 10.3. The lowest BCUT2D eigenvalue weighted by Gasteiger charge is -2.39. The van der Waals surface area contributed by atoms with Gasteiger partial charge in [-0.3, -0.25) is 9.59 Å². The SMILES string of the molecule is CC(=O)N1c2ccc(-c3ccc(C(=O)NCCOCCNC(=O)OC(C)(C)C)cc3)cc2[C@H](Nc2ccc(Cl)cc2)C[C@@H]1C. The van der Waals surface area contributed by atoms with Crippen molar-refractivity contribution in [1.29, 1.82) is 0 Å². The summed E-state index contributed by atoms with van der Waals surface area (Å²) >= 11 is 6.09. The summed E-state index contributed by atoms with van der Waals surface area (Å²) in [6, 6.07) is 21.2. The molecule has 3 N–H and O–H groups in total. The van der Waals surface area contributed by atoms with E-state index in [0.29, 0.717) is 36.9 Å². The largest absolute Gasteiger partial charge is 0.444 e. The lowest BCUT2D eigenvalue weighted by atomic mass is 9.88. The van der Waals surface area contributed by atoms with Crippen LogP contribution in [0.2, 0.25) is 5.02 Å². The van der Waals surface area contributed by atoms with E-state index < -0.39 is 11.7 Å². The number of fused-ring (bicyclic) bond motifs is 1. The Morgan fingerprint density at radius 1 is 0.909 bits per heavy atom. The highest BCUT2D eigenvalue weighted by molar-refractivity contribution is 6.30. The first-order chi connectivity index (χ1) is 20.9. The Bertz CT molecular complexity index is 1450. The number of hydrogen-bond donors (Lipinski definition) is 3. The molecule has 0 unspecified atom stereocenters. The molecule has 2 atom stereocenters. The van der Waals surface area contributed by atoms with E-state index in [4.69, 9.17) is 21.1 Å². The van der Waals surface area contributed by atoms with E-state index >= 15 is 0 Å². The zero-order chi connectivity index (χ0) is 31.9. The number of ether oxygens (including phenoxy) is 2. The maximum absolute atomic E-state index is 12.7. The summed E-state index contributed by atoms with van der Waals surface area (Å²) in [7, 11) is 0. The van der Waals surface area contributed by atoms with Crippen LogP contribution in [0.3, 0.4) is 0 Å². The molecular formula is C34H41ClN4O5. The second-order valence-electron chi connectivity index (χ2n) is 11.8. The van der Waals surface area contributed by atoms with E-state index in [-0.39, 0.29) is 23.9 Å². The molecule has 0 saturated heterocycles. The van der Waals surface area contributed by atoms with Crippen molar-refractivity contribution >= 4 is 40.9 Å². The number of nitrogens with one attached hydrogen (secondary N) is 3. The molecule has 1 heterocycles. The number of carbonyl (C=O) groups is 3. The van der Waals surface area contributed by atoms with Crippen LogP contribution in [0.1, 0.15) is 63.0 Å². The van der Waals surface area contributed by atoms with E-state index in [2.05, 4.69) is 28.9 Å². The standard InChI is InChI=1S/C34H41ClN4O5/c1-22-20-30(38-28-13-11-27(35)12-14-28)29-21-26(10-15-31(29)39(22)23(2)40)24-6-8-25(9-7-24)32(41)36-16-18-43-19-17-37-33(42)44-34(3,4)5/h6-15,21-22,30,38H,16-20H2,1-5H3,(H,36,41)(H,37,42)/t22-,30+/m0/s1. The quantitative estimate of drug-likeness (QED) is 0.221. The van der Waals surface area contributed by atoms with Crippen molar-refractivity contribution in [3.05, 3.63) is 82.9 Å². The maximum atomic E-state index is 12.7. The van der Waals surface area contributed by atoms with Crippen LogP contribution in [-0.2, 0) is 14.3 Å². The van der Waals surface area contributed by atoms with E-state index in [1.165, 1.54) is 0 Å². The molecule has 1 aliphatic rings. The van der Waals surface area contributed by atoms with Crippen LogP contribution in [0, 0.1) is 0 Å². The number of halogens is 1. The molecule has 0 radical (unpaired) electrons. The van der Waals surface area contributed by atoms with Gasteiger partial charge in [0.25, 0.3) is 5.91 Å². The van der Waals surface area contributed by atoms with Gasteiger partial charge in [-0.05, 0) is 99.3 Å². The van der Waals surface area contributed by atoms with Gasteiger partial charge in [-0.2, -0.15) is 0 Å². The Morgan fingerprint density at radius 2 is 1.55 bits per heavy atom. The topological polar surface area (TPSA) is 109 Å². The Labute approximate surface area is 264 Å². The number of alkyl carbamates (subject to hydrolysis) is 1. The van der Waals surface area contributed by atoms with Crippen molar-refractivity contribution < 1.29 is 23.9 Å². The smallest absolute Gasteiger partial charge is 0.407 e. The predicted molar refractivity (Wildman–Crippen MR) is 174 cm³/mol. The molecule has 9 nitrogen and oxygen atoms in total. The van der Waals surface area contributed by atoms with Crippen molar-refractivity contribution in [3.63, 3.8) is 0 Å². The van der Waals surface area contributed by atoms with E-state index in [0.717, 1.165) is 34.5 Å². The van der Waals surface area contributed by atoms with Crippen LogP contribution in [0.5, 0.6) is 0 Å². The number of benzene rings is 3. The minimum Gasteiger partial charge on any atom is -0.444 e. The summed E-state index contributed by atoms with van der Waals surface area (Å²) < 4.78 is 10.7. The zero-order valence-electron chi connectivity index (χ0n) is 25.9. The highest BCUT2D eigenvalue weighted by Crippen LogP contribution is 2.41. The van der Waals surface area contributed by atoms with Crippen molar-refractivity contribution in [1.82, 2.24) is 10.6 Å². The Morgan fingerprint density at radius 3 is 2.18 bits per heavy atom. The average molecular weight is 621 g/mol. The zero-order valence-corrected chi connectivity index (χ0v) is 26.7. The molecule has 10 heteroatoms. The highest BCUT2D eigenvalue weighted by Gasteiger charge is 2.32. The summed E-state index contributed by atoms with van der Waals surface area (Å²) in [5, 5.41) is 9.77.